The summed E-state index contributed by atoms with van der Waals surface area (Å²) in [7, 11) is 0. The van der Waals surface area contributed by atoms with E-state index in [0.717, 1.165) is 16.7 Å². The predicted octanol–water partition coefficient (Wildman–Crippen LogP) is 4.96. The number of benzene rings is 2. The first-order valence-electron chi connectivity index (χ1n) is 9.27. The molecule has 0 aliphatic rings. The van der Waals surface area contributed by atoms with Crippen LogP contribution in [-0.4, -0.2) is 28.3 Å². The largest absolute Gasteiger partial charge is 0.452 e. The Hall–Kier alpha value is -2.83. The van der Waals surface area contributed by atoms with Crippen LogP contribution in [0.3, 0.4) is 0 Å². The number of aromatic nitrogens is 2. The van der Waals surface area contributed by atoms with Crippen LogP contribution in [0.4, 0.5) is 5.69 Å². The number of para-hydroxylation sites is 1. The number of aryl methyl sites for hydroxylation is 3. The Morgan fingerprint density at radius 1 is 1.03 bits per heavy atom. The summed E-state index contributed by atoms with van der Waals surface area (Å²) in [4.78, 5) is 24.8. The number of rotatable bonds is 6. The van der Waals surface area contributed by atoms with Gasteiger partial charge in [0.05, 0.1) is 12.2 Å². The van der Waals surface area contributed by atoms with Crippen LogP contribution in [0.5, 0.6) is 0 Å². The van der Waals surface area contributed by atoms with Crippen LogP contribution in [0.15, 0.2) is 42.5 Å². The van der Waals surface area contributed by atoms with Crippen LogP contribution in [-0.2, 0) is 16.1 Å². The molecule has 2 aromatic carbocycles. The van der Waals surface area contributed by atoms with Gasteiger partial charge in [-0.25, -0.2) is 9.48 Å². The molecule has 156 valence electrons. The molecule has 0 fully saturated rings. The van der Waals surface area contributed by atoms with Crippen molar-refractivity contribution in [3.63, 3.8) is 0 Å². The second-order valence-corrected chi connectivity index (χ2v) is 7.66. The standard InChI is InChI=1S/C22H21Cl2N3O3/c1-13-7-6-8-14(2)20(13)25-18(28)12-30-22(29)19-15(3)26-27(21(19)24)11-16-9-4-5-10-17(16)23/h4-10H,11-12H2,1-3H3,(H,25,28). The zero-order valence-electron chi connectivity index (χ0n) is 16.8. The number of anilines is 1. The normalized spacial score (nSPS) is 10.7. The molecule has 0 spiro atoms. The van der Waals surface area contributed by atoms with E-state index < -0.39 is 18.5 Å². The molecule has 0 radical (unpaired) electrons. The Kier molecular flexibility index (Phi) is 6.80. The zero-order chi connectivity index (χ0) is 21.8. The fourth-order valence-electron chi connectivity index (χ4n) is 3.07. The van der Waals surface area contributed by atoms with E-state index >= 15 is 0 Å². The number of hydrogen-bond donors (Lipinski definition) is 1. The average molecular weight is 446 g/mol. The lowest BCUT2D eigenvalue weighted by molar-refractivity contribution is -0.119. The first-order chi connectivity index (χ1) is 14.3. The van der Waals surface area contributed by atoms with Gasteiger partial charge in [0, 0.05) is 10.7 Å². The molecule has 8 heteroatoms. The molecule has 0 saturated heterocycles. The number of esters is 1. The second-order valence-electron chi connectivity index (χ2n) is 6.89. The maximum Gasteiger partial charge on any atom is 0.343 e. The van der Waals surface area contributed by atoms with E-state index in [2.05, 4.69) is 10.4 Å². The summed E-state index contributed by atoms with van der Waals surface area (Å²) in [5.74, 6) is -1.14. The van der Waals surface area contributed by atoms with Gasteiger partial charge in [-0.05, 0) is 43.5 Å². The lowest BCUT2D eigenvalue weighted by Crippen LogP contribution is -2.22. The maximum atomic E-state index is 12.5. The molecule has 1 aromatic heterocycles. The van der Waals surface area contributed by atoms with E-state index in [1.807, 2.05) is 50.2 Å². The molecule has 3 rings (SSSR count). The summed E-state index contributed by atoms with van der Waals surface area (Å²) in [5.41, 5.74) is 3.91. The maximum absolute atomic E-state index is 12.5. The minimum atomic E-state index is -0.709. The van der Waals surface area contributed by atoms with Gasteiger partial charge in [0.15, 0.2) is 6.61 Å². The Morgan fingerprint density at radius 2 is 1.70 bits per heavy atom. The van der Waals surface area contributed by atoms with Crippen molar-refractivity contribution in [3.8, 4) is 0 Å². The Balaban J connectivity index is 1.68. The quantitative estimate of drug-likeness (QED) is 0.544. The lowest BCUT2D eigenvalue weighted by atomic mass is 10.1. The monoisotopic (exact) mass is 445 g/mol. The molecule has 0 atom stereocenters. The number of amides is 1. The smallest absolute Gasteiger partial charge is 0.343 e. The average Bonchev–Trinajstić information content (AvgIpc) is 2.98. The fourth-order valence-corrected chi connectivity index (χ4v) is 3.58. The zero-order valence-corrected chi connectivity index (χ0v) is 18.3. The van der Waals surface area contributed by atoms with Crippen LogP contribution < -0.4 is 5.32 Å². The number of halogens is 2. The molecule has 6 nitrogen and oxygen atoms in total. The van der Waals surface area contributed by atoms with Gasteiger partial charge in [0.1, 0.15) is 10.7 Å². The molecular formula is C22H21Cl2N3O3. The van der Waals surface area contributed by atoms with Crippen molar-refractivity contribution in [2.24, 2.45) is 0 Å². The molecule has 0 aliphatic carbocycles. The van der Waals surface area contributed by atoms with Crippen molar-refractivity contribution in [2.45, 2.75) is 27.3 Å². The lowest BCUT2D eigenvalue weighted by Gasteiger charge is -2.11. The Morgan fingerprint density at radius 3 is 2.37 bits per heavy atom. The summed E-state index contributed by atoms with van der Waals surface area (Å²) in [6, 6.07) is 13.0. The summed E-state index contributed by atoms with van der Waals surface area (Å²) in [5, 5.41) is 7.79. The van der Waals surface area contributed by atoms with Gasteiger partial charge in [0.25, 0.3) is 5.91 Å². The van der Waals surface area contributed by atoms with Crippen molar-refractivity contribution in [2.75, 3.05) is 11.9 Å². The fraction of sp³-hybridized carbons (Fsp3) is 0.227. The SMILES string of the molecule is Cc1cccc(C)c1NC(=O)COC(=O)c1c(C)nn(Cc2ccccc2Cl)c1Cl. The number of carbonyl (C=O) groups is 2. The van der Waals surface area contributed by atoms with Gasteiger partial charge >= 0.3 is 5.97 Å². The molecule has 0 aliphatic heterocycles. The topological polar surface area (TPSA) is 73.2 Å². The number of hydrogen-bond acceptors (Lipinski definition) is 4. The van der Waals surface area contributed by atoms with E-state index in [0.29, 0.717) is 22.9 Å². The molecule has 3 aromatic rings. The summed E-state index contributed by atoms with van der Waals surface area (Å²) in [6.07, 6.45) is 0. The van der Waals surface area contributed by atoms with Gasteiger partial charge < -0.3 is 10.1 Å². The summed E-state index contributed by atoms with van der Waals surface area (Å²) < 4.78 is 6.65. The molecule has 0 saturated carbocycles. The molecule has 1 amide bonds. The van der Waals surface area contributed by atoms with Gasteiger partial charge in [-0.1, -0.05) is 59.6 Å². The summed E-state index contributed by atoms with van der Waals surface area (Å²) >= 11 is 12.6. The van der Waals surface area contributed by atoms with Gasteiger partial charge in [-0.3, -0.25) is 4.79 Å². The third-order valence-electron chi connectivity index (χ3n) is 4.63. The highest BCUT2D eigenvalue weighted by Gasteiger charge is 2.23. The third kappa shape index (κ3) is 4.83. The van der Waals surface area contributed by atoms with Crippen molar-refractivity contribution in [1.82, 2.24) is 9.78 Å². The molecule has 1 heterocycles. The van der Waals surface area contributed by atoms with Crippen LogP contribution in [0.25, 0.3) is 0 Å². The Labute approximate surface area is 184 Å². The highest BCUT2D eigenvalue weighted by molar-refractivity contribution is 6.33. The van der Waals surface area contributed by atoms with E-state index in [1.165, 1.54) is 4.68 Å². The number of nitrogens with zero attached hydrogens (tertiary/aromatic N) is 2. The molecule has 0 bridgehead atoms. The number of ether oxygens (including phenoxy) is 1. The van der Waals surface area contributed by atoms with Crippen molar-refractivity contribution < 1.29 is 14.3 Å². The number of carbonyl (C=O) groups excluding carboxylic acids is 2. The first-order valence-corrected chi connectivity index (χ1v) is 10.0. The van der Waals surface area contributed by atoms with Crippen LogP contribution >= 0.6 is 23.2 Å². The molecule has 0 unspecified atom stereocenters. The first kappa shape index (κ1) is 21.9. The second kappa shape index (κ2) is 9.32. The van der Waals surface area contributed by atoms with Crippen LogP contribution in [0, 0.1) is 20.8 Å². The van der Waals surface area contributed by atoms with Crippen LogP contribution in [0.1, 0.15) is 32.7 Å². The van der Waals surface area contributed by atoms with Crippen LogP contribution in [0.2, 0.25) is 10.2 Å². The van der Waals surface area contributed by atoms with Gasteiger partial charge in [-0.15, -0.1) is 0 Å². The van der Waals surface area contributed by atoms with Gasteiger partial charge in [-0.2, -0.15) is 5.10 Å². The van der Waals surface area contributed by atoms with E-state index in [4.69, 9.17) is 27.9 Å². The van der Waals surface area contributed by atoms with Crippen molar-refractivity contribution >= 4 is 40.8 Å². The van der Waals surface area contributed by atoms with E-state index in [1.54, 1.807) is 13.0 Å². The third-order valence-corrected chi connectivity index (χ3v) is 5.38. The minimum Gasteiger partial charge on any atom is -0.452 e. The highest BCUT2D eigenvalue weighted by atomic mass is 35.5. The summed E-state index contributed by atoms with van der Waals surface area (Å²) in [6.45, 7) is 5.32. The molecular weight excluding hydrogens is 425 g/mol. The number of nitrogens with one attached hydrogen (secondary N) is 1. The predicted molar refractivity (Wildman–Crippen MR) is 117 cm³/mol. The van der Waals surface area contributed by atoms with E-state index in [9.17, 15) is 9.59 Å². The van der Waals surface area contributed by atoms with Gasteiger partial charge in [0.2, 0.25) is 0 Å². The molecule has 30 heavy (non-hydrogen) atoms. The van der Waals surface area contributed by atoms with Crippen molar-refractivity contribution in [1.29, 1.82) is 0 Å². The Bertz CT molecular complexity index is 1090. The molecule has 1 N–H and O–H groups in total. The van der Waals surface area contributed by atoms with E-state index in [-0.39, 0.29) is 10.7 Å². The van der Waals surface area contributed by atoms with Crippen molar-refractivity contribution in [3.05, 3.63) is 80.6 Å². The minimum absolute atomic E-state index is 0.128. The highest BCUT2D eigenvalue weighted by Crippen LogP contribution is 2.24.